The van der Waals surface area contributed by atoms with Crippen molar-refractivity contribution in [2.75, 3.05) is 26.2 Å². The maximum absolute atomic E-state index is 13.4. The SMILES string of the molecule is Cc1ccccc1C(=O)N[C@H](C(=O)N1CCCC1)C1CCN(C(=O)c2cccc(Br)c2)CC1. The molecule has 4 rings (SSSR count). The van der Waals surface area contributed by atoms with E-state index in [4.69, 9.17) is 0 Å². The number of benzene rings is 2. The van der Waals surface area contributed by atoms with E-state index in [2.05, 4.69) is 21.2 Å². The molecule has 2 heterocycles. The highest BCUT2D eigenvalue weighted by molar-refractivity contribution is 9.10. The van der Waals surface area contributed by atoms with Gasteiger partial charge < -0.3 is 15.1 Å². The Hall–Kier alpha value is -2.67. The summed E-state index contributed by atoms with van der Waals surface area (Å²) in [5, 5.41) is 3.06. The first kappa shape index (κ1) is 23.5. The van der Waals surface area contributed by atoms with Crippen LogP contribution in [-0.4, -0.2) is 59.7 Å². The zero-order valence-corrected chi connectivity index (χ0v) is 20.5. The molecule has 2 fully saturated rings. The molecule has 2 saturated heterocycles. The zero-order valence-electron chi connectivity index (χ0n) is 18.9. The van der Waals surface area contributed by atoms with Crippen LogP contribution < -0.4 is 5.32 Å². The summed E-state index contributed by atoms with van der Waals surface area (Å²) in [6.45, 7) is 4.53. The molecule has 0 spiro atoms. The van der Waals surface area contributed by atoms with E-state index in [9.17, 15) is 14.4 Å². The molecule has 2 aliphatic heterocycles. The molecule has 33 heavy (non-hydrogen) atoms. The van der Waals surface area contributed by atoms with Crippen molar-refractivity contribution in [1.82, 2.24) is 15.1 Å². The molecule has 7 heteroatoms. The molecule has 2 aliphatic rings. The van der Waals surface area contributed by atoms with Gasteiger partial charge in [0.1, 0.15) is 6.04 Å². The maximum atomic E-state index is 13.4. The highest BCUT2D eigenvalue weighted by Crippen LogP contribution is 2.25. The van der Waals surface area contributed by atoms with Crippen LogP contribution in [0.1, 0.15) is 52.0 Å². The summed E-state index contributed by atoms with van der Waals surface area (Å²) in [4.78, 5) is 43.1. The van der Waals surface area contributed by atoms with Gasteiger partial charge in [0.25, 0.3) is 11.8 Å². The Morgan fingerprint density at radius 1 is 0.939 bits per heavy atom. The van der Waals surface area contributed by atoms with Gasteiger partial charge in [0.15, 0.2) is 0 Å². The first-order valence-corrected chi connectivity index (χ1v) is 12.4. The Bertz CT molecular complexity index is 1030. The first-order valence-electron chi connectivity index (χ1n) is 11.6. The monoisotopic (exact) mass is 511 g/mol. The highest BCUT2D eigenvalue weighted by atomic mass is 79.9. The number of aryl methyl sites for hydroxylation is 1. The lowest BCUT2D eigenvalue weighted by atomic mass is 9.87. The Kier molecular flexibility index (Phi) is 7.48. The molecule has 0 radical (unpaired) electrons. The molecule has 0 aromatic heterocycles. The van der Waals surface area contributed by atoms with Crippen LogP contribution in [0.25, 0.3) is 0 Å². The second-order valence-corrected chi connectivity index (χ2v) is 9.85. The molecular formula is C26H30BrN3O3. The Labute approximate surface area is 203 Å². The summed E-state index contributed by atoms with van der Waals surface area (Å²) in [5.41, 5.74) is 2.14. The van der Waals surface area contributed by atoms with Crippen LogP contribution in [0.15, 0.2) is 53.0 Å². The Morgan fingerprint density at radius 2 is 1.64 bits per heavy atom. The van der Waals surface area contributed by atoms with Crippen LogP contribution in [0.4, 0.5) is 0 Å². The molecule has 2 aromatic carbocycles. The van der Waals surface area contributed by atoms with Crippen molar-refractivity contribution in [3.8, 4) is 0 Å². The van der Waals surface area contributed by atoms with Gasteiger partial charge in [-0.2, -0.15) is 0 Å². The zero-order chi connectivity index (χ0) is 23.4. The van der Waals surface area contributed by atoms with E-state index in [1.807, 2.05) is 59.2 Å². The number of piperidine rings is 1. The predicted molar refractivity (Wildman–Crippen MR) is 131 cm³/mol. The molecule has 3 amide bonds. The second-order valence-electron chi connectivity index (χ2n) is 8.94. The lowest BCUT2D eigenvalue weighted by Gasteiger charge is -2.37. The number of halogens is 1. The summed E-state index contributed by atoms with van der Waals surface area (Å²) in [7, 11) is 0. The van der Waals surface area contributed by atoms with Crippen molar-refractivity contribution in [3.05, 3.63) is 69.7 Å². The quantitative estimate of drug-likeness (QED) is 0.658. The minimum atomic E-state index is -0.571. The summed E-state index contributed by atoms with van der Waals surface area (Å²) in [5.74, 6) is -0.205. The fourth-order valence-electron chi connectivity index (χ4n) is 4.80. The third kappa shape index (κ3) is 5.46. The van der Waals surface area contributed by atoms with Gasteiger partial charge in [0.05, 0.1) is 0 Å². The molecule has 0 unspecified atom stereocenters. The second kappa shape index (κ2) is 10.5. The van der Waals surface area contributed by atoms with Gasteiger partial charge in [-0.15, -0.1) is 0 Å². The summed E-state index contributed by atoms with van der Waals surface area (Å²) < 4.78 is 0.874. The molecule has 2 aromatic rings. The highest BCUT2D eigenvalue weighted by Gasteiger charge is 2.37. The topological polar surface area (TPSA) is 69.7 Å². The molecule has 6 nitrogen and oxygen atoms in total. The number of hydrogen-bond donors (Lipinski definition) is 1. The molecule has 0 bridgehead atoms. The van der Waals surface area contributed by atoms with Gasteiger partial charge in [-0.1, -0.05) is 40.2 Å². The van der Waals surface area contributed by atoms with Crippen molar-refractivity contribution in [2.24, 2.45) is 5.92 Å². The lowest BCUT2D eigenvalue weighted by Crippen LogP contribution is -2.54. The van der Waals surface area contributed by atoms with E-state index in [0.717, 1.165) is 36.0 Å². The van der Waals surface area contributed by atoms with Crippen LogP contribution in [-0.2, 0) is 4.79 Å². The maximum Gasteiger partial charge on any atom is 0.253 e. The standard InChI is InChI=1S/C26H30BrN3O3/c1-18-7-2-3-10-22(18)24(31)28-23(26(33)29-13-4-5-14-29)19-11-15-30(16-12-19)25(32)20-8-6-9-21(27)17-20/h2-3,6-10,17,19,23H,4-5,11-16H2,1H3,(H,28,31)/t23-/m0/s1. The fraction of sp³-hybridized carbons (Fsp3) is 0.423. The lowest BCUT2D eigenvalue weighted by molar-refractivity contribution is -0.134. The molecule has 1 N–H and O–H groups in total. The van der Waals surface area contributed by atoms with Crippen molar-refractivity contribution in [2.45, 2.75) is 38.6 Å². The van der Waals surface area contributed by atoms with Crippen LogP contribution in [0.2, 0.25) is 0 Å². The van der Waals surface area contributed by atoms with Crippen LogP contribution in [0.3, 0.4) is 0 Å². The van der Waals surface area contributed by atoms with E-state index in [-0.39, 0.29) is 23.6 Å². The van der Waals surface area contributed by atoms with Gasteiger partial charge in [0, 0.05) is 41.8 Å². The minimum absolute atomic E-state index is 0.00103. The number of nitrogens with zero attached hydrogens (tertiary/aromatic N) is 2. The van der Waals surface area contributed by atoms with Crippen LogP contribution in [0.5, 0.6) is 0 Å². The van der Waals surface area contributed by atoms with E-state index < -0.39 is 6.04 Å². The number of amides is 3. The number of carbonyl (C=O) groups excluding carboxylic acids is 3. The summed E-state index contributed by atoms with van der Waals surface area (Å²) in [6.07, 6.45) is 3.36. The number of nitrogens with one attached hydrogen (secondary N) is 1. The van der Waals surface area contributed by atoms with E-state index in [0.29, 0.717) is 37.1 Å². The minimum Gasteiger partial charge on any atom is -0.341 e. The number of rotatable bonds is 5. The molecule has 0 saturated carbocycles. The summed E-state index contributed by atoms with van der Waals surface area (Å²) in [6, 6.07) is 14.3. The van der Waals surface area contributed by atoms with E-state index in [1.54, 1.807) is 6.07 Å². The molecular weight excluding hydrogens is 482 g/mol. The molecule has 0 aliphatic carbocycles. The smallest absolute Gasteiger partial charge is 0.253 e. The first-order chi connectivity index (χ1) is 15.9. The van der Waals surface area contributed by atoms with Gasteiger partial charge in [-0.05, 0) is 68.4 Å². The van der Waals surface area contributed by atoms with Gasteiger partial charge >= 0.3 is 0 Å². The average Bonchev–Trinajstić information content (AvgIpc) is 3.37. The molecule has 174 valence electrons. The number of likely N-dealkylation sites (tertiary alicyclic amines) is 2. The normalized spacial score (nSPS) is 17.6. The van der Waals surface area contributed by atoms with Crippen LogP contribution >= 0.6 is 15.9 Å². The number of carbonyl (C=O) groups is 3. The third-order valence-corrected chi connectivity index (χ3v) is 7.22. The van der Waals surface area contributed by atoms with Gasteiger partial charge in [0.2, 0.25) is 5.91 Å². The Balaban J connectivity index is 1.47. The van der Waals surface area contributed by atoms with Gasteiger partial charge in [-0.3, -0.25) is 14.4 Å². The Morgan fingerprint density at radius 3 is 2.30 bits per heavy atom. The van der Waals surface area contributed by atoms with Gasteiger partial charge in [-0.25, -0.2) is 0 Å². The average molecular weight is 512 g/mol. The number of hydrogen-bond acceptors (Lipinski definition) is 3. The fourth-order valence-corrected chi connectivity index (χ4v) is 5.20. The van der Waals surface area contributed by atoms with Crippen molar-refractivity contribution in [3.63, 3.8) is 0 Å². The van der Waals surface area contributed by atoms with Crippen molar-refractivity contribution >= 4 is 33.7 Å². The van der Waals surface area contributed by atoms with Crippen molar-refractivity contribution in [1.29, 1.82) is 0 Å². The predicted octanol–water partition coefficient (Wildman–Crippen LogP) is 4.03. The van der Waals surface area contributed by atoms with E-state index >= 15 is 0 Å². The van der Waals surface area contributed by atoms with Crippen molar-refractivity contribution < 1.29 is 14.4 Å². The van der Waals surface area contributed by atoms with Crippen LogP contribution in [0, 0.1) is 12.8 Å². The molecule has 1 atom stereocenters. The third-order valence-electron chi connectivity index (χ3n) is 6.73. The van der Waals surface area contributed by atoms with E-state index in [1.165, 1.54) is 0 Å². The largest absolute Gasteiger partial charge is 0.341 e. The summed E-state index contributed by atoms with van der Waals surface area (Å²) >= 11 is 3.43.